The Hall–Kier alpha value is -3.87. The summed E-state index contributed by atoms with van der Waals surface area (Å²) in [6, 6.07) is 17.0. The molecule has 30 heavy (non-hydrogen) atoms. The normalized spacial score (nSPS) is 11.0. The van der Waals surface area contributed by atoms with Crippen molar-refractivity contribution in [1.29, 1.82) is 0 Å². The monoisotopic (exact) mass is 404 g/mol. The fourth-order valence-corrected chi connectivity index (χ4v) is 3.92. The molecule has 0 amide bonds. The van der Waals surface area contributed by atoms with Crippen LogP contribution in [-0.4, -0.2) is 29.2 Å². The average Bonchev–Trinajstić information content (AvgIpc) is 3.05. The van der Waals surface area contributed by atoms with E-state index in [1.54, 1.807) is 30.7 Å². The van der Waals surface area contributed by atoms with Crippen molar-refractivity contribution in [2.45, 2.75) is 6.92 Å². The summed E-state index contributed by atoms with van der Waals surface area (Å²) in [6.07, 6.45) is 0. The number of methoxy groups -OCH3 is 1. The van der Waals surface area contributed by atoms with Gasteiger partial charge in [-0.3, -0.25) is 10.1 Å². The summed E-state index contributed by atoms with van der Waals surface area (Å²) in [6.45, 7) is 1.86. The number of aromatic nitrogens is 1. The van der Waals surface area contributed by atoms with Gasteiger partial charge in [-0.1, -0.05) is 36.4 Å². The Morgan fingerprint density at radius 3 is 2.50 bits per heavy atom. The number of carbonyl (C=O) groups is 1. The van der Waals surface area contributed by atoms with E-state index in [9.17, 15) is 14.9 Å². The molecule has 1 heterocycles. The van der Waals surface area contributed by atoms with Gasteiger partial charge in [-0.15, -0.1) is 0 Å². The number of esters is 1. The number of ether oxygens (including phenoxy) is 2. The summed E-state index contributed by atoms with van der Waals surface area (Å²) in [5.41, 5.74) is 1.79. The minimum atomic E-state index is -0.609. The van der Waals surface area contributed by atoms with Crippen LogP contribution in [0.5, 0.6) is 5.75 Å². The standard InChI is InChI=1S/C23H20N2O5/c1-4-30-23(26)20-19-17(11-12-18(29-3)22(19)25(27)28)24(2)21(20)16-10-9-14-7-5-6-8-15(14)13-16/h5-13H,4H2,1-3H3. The van der Waals surface area contributed by atoms with Gasteiger partial charge in [0.15, 0.2) is 5.75 Å². The maximum Gasteiger partial charge on any atom is 0.341 e. The van der Waals surface area contributed by atoms with Crippen LogP contribution in [0.2, 0.25) is 0 Å². The largest absolute Gasteiger partial charge is 0.490 e. The molecule has 0 aliphatic carbocycles. The first-order valence-corrected chi connectivity index (χ1v) is 9.48. The van der Waals surface area contributed by atoms with Gasteiger partial charge in [0, 0.05) is 7.05 Å². The van der Waals surface area contributed by atoms with E-state index < -0.39 is 10.9 Å². The van der Waals surface area contributed by atoms with Gasteiger partial charge in [-0.05, 0) is 41.5 Å². The smallest absolute Gasteiger partial charge is 0.341 e. The Labute approximate surface area is 172 Å². The lowest BCUT2D eigenvalue weighted by atomic mass is 10.0. The third-order valence-electron chi connectivity index (χ3n) is 5.21. The topological polar surface area (TPSA) is 83.6 Å². The first kappa shape index (κ1) is 19.4. The van der Waals surface area contributed by atoms with Crippen LogP contribution in [0.4, 0.5) is 5.69 Å². The number of rotatable bonds is 5. The maximum atomic E-state index is 13.0. The first-order valence-electron chi connectivity index (χ1n) is 9.48. The number of nitrogens with zero attached hydrogens (tertiary/aromatic N) is 2. The fourth-order valence-electron chi connectivity index (χ4n) is 3.92. The molecule has 0 aliphatic heterocycles. The predicted octanol–water partition coefficient (Wildman–Crippen LogP) is 5.09. The molecule has 3 aromatic carbocycles. The summed E-state index contributed by atoms with van der Waals surface area (Å²) >= 11 is 0. The van der Waals surface area contributed by atoms with E-state index in [4.69, 9.17) is 9.47 Å². The molecule has 4 aromatic rings. The van der Waals surface area contributed by atoms with Gasteiger partial charge in [0.1, 0.15) is 5.56 Å². The zero-order valence-electron chi connectivity index (χ0n) is 16.8. The van der Waals surface area contributed by atoms with Gasteiger partial charge >= 0.3 is 11.7 Å². The lowest BCUT2D eigenvalue weighted by molar-refractivity contribution is -0.384. The number of aryl methyl sites for hydroxylation is 1. The molecule has 0 bridgehead atoms. The summed E-state index contributed by atoms with van der Waals surface area (Å²) < 4.78 is 12.3. The third-order valence-corrected chi connectivity index (χ3v) is 5.21. The molecule has 152 valence electrons. The molecule has 7 nitrogen and oxygen atoms in total. The zero-order valence-corrected chi connectivity index (χ0v) is 16.8. The van der Waals surface area contributed by atoms with Crippen LogP contribution in [0.3, 0.4) is 0 Å². The highest BCUT2D eigenvalue weighted by atomic mass is 16.6. The SMILES string of the molecule is CCOC(=O)c1c(-c2ccc3ccccc3c2)n(C)c2ccc(OC)c([N+](=O)[O-])c12. The van der Waals surface area contributed by atoms with Crippen molar-refractivity contribution in [3.63, 3.8) is 0 Å². The molecule has 0 spiro atoms. The van der Waals surface area contributed by atoms with Crippen molar-refractivity contribution >= 4 is 33.3 Å². The van der Waals surface area contributed by atoms with Gasteiger partial charge < -0.3 is 14.0 Å². The van der Waals surface area contributed by atoms with Crippen LogP contribution < -0.4 is 4.74 Å². The van der Waals surface area contributed by atoms with Crippen molar-refractivity contribution in [2.75, 3.05) is 13.7 Å². The first-order chi connectivity index (χ1) is 14.5. The van der Waals surface area contributed by atoms with Crippen LogP contribution in [0.15, 0.2) is 54.6 Å². The number of fused-ring (bicyclic) bond motifs is 2. The van der Waals surface area contributed by atoms with E-state index in [0.29, 0.717) is 11.2 Å². The van der Waals surface area contributed by atoms with E-state index in [-0.39, 0.29) is 29.0 Å². The highest BCUT2D eigenvalue weighted by Crippen LogP contribution is 2.43. The number of hydrogen-bond donors (Lipinski definition) is 0. The van der Waals surface area contributed by atoms with Crippen molar-refractivity contribution < 1.29 is 19.2 Å². The van der Waals surface area contributed by atoms with Crippen LogP contribution in [-0.2, 0) is 11.8 Å². The predicted molar refractivity (Wildman–Crippen MR) is 115 cm³/mol. The molecule has 0 atom stereocenters. The van der Waals surface area contributed by atoms with E-state index >= 15 is 0 Å². The van der Waals surface area contributed by atoms with Gasteiger partial charge in [-0.25, -0.2) is 4.79 Å². The molecule has 0 aliphatic rings. The Bertz CT molecular complexity index is 1310. The summed E-state index contributed by atoms with van der Waals surface area (Å²) in [4.78, 5) is 24.4. The van der Waals surface area contributed by atoms with Gasteiger partial charge in [0.2, 0.25) is 0 Å². The second-order valence-electron chi connectivity index (χ2n) is 6.83. The Morgan fingerprint density at radius 1 is 1.10 bits per heavy atom. The number of carbonyl (C=O) groups excluding carboxylic acids is 1. The van der Waals surface area contributed by atoms with Crippen molar-refractivity contribution in [1.82, 2.24) is 4.57 Å². The molecule has 0 fully saturated rings. The van der Waals surface area contributed by atoms with Crippen LogP contribution in [0.1, 0.15) is 17.3 Å². The Morgan fingerprint density at radius 2 is 1.83 bits per heavy atom. The molecular weight excluding hydrogens is 384 g/mol. The highest BCUT2D eigenvalue weighted by molar-refractivity contribution is 6.14. The molecule has 4 rings (SSSR count). The minimum Gasteiger partial charge on any atom is -0.490 e. The molecule has 0 saturated heterocycles. The molecule has 0 N–H and O–H groups in total. The lowest BCUT2D eigenvalue weighted by Crippen LogP contribution is -2.07. The maximum absolute atomic E-state index is 13.0. The molecular formula is C23H20N2O5. The average molecular weight is 404 g/mol. The molecule has 1 aromatic heterocycles. The van der Waals surface area contributed by atoms with Crippen LogP contribution in [0.25, 0.3) is 32.9 Å². The second-order valence-corrected chi connectivity index (χ2v) is 6.83. The molecule has 0 saturated carbocycles. The molecule has 0 unspecified atom stereocenters. The highest BCUT2D eigenvalue weighted by Gasteiger charge is 2.32. The Kier molecular flexibility index (Phi) is 4.87. The summed E-state index contributed by atoms with van der Waals surface area (Å²) in [5.74, 6) is -0.517. The zero-order chi connectivity index (χ0) is 21.4. The molecule has 7 heteroatoms. The van der Waals surface area contributed by atoms with E-state index in [2.05, 4.69) is 0 Å². The summed E-state index contributed by atoms with van der Waals surface area (Å²) in [5, 5.41) is 14.2. The van der Waals surface area contributed by atoms with Crippen LogP contribution in [0, 0.1) is 10.1 Å². The number of nitro groups is 1. The van der Waals surface area contributed by atoms with Gasteiger partial charge in [0.25, 0.3) is 0 Å². The van der Waals surface area contributed by atoms with Gasteiger partial charge in [-0.2, -0.15) is 0 Å². The van der Waals surface area contributed by atoms with Crippen LogP contribution >= 0.6 is 0 Å². The number of benzene rings is 3. The fraction of sp³-hybridized carbons (Fsp3) is 0.174. The number of nitro benzene ring substituents is 1. The molecule has 0 radical (unpaired) electrons. The Balaban J connectivity index is 2.14. The van der Waals surface area contributed by atoms with Crippen molar-refractivity contribution in [3.05, 3.63) is 70.3 Å². The van der Waals surface area contributed by atoms with Crippen molar-refractivity contribution in [2.24, 2.45) is 7.05 Å². The lowest BCUT2D eigenvalue weighted by Gasteiger charge is -2.09. The second kappa shape index (κ2) is 7.51. The van der Waals surface area contributed by atoms with E-state index in [1.165, 1.54) is 7.11 Å². The summed E-state index contributed by atoms with van der Waals surface area (Å²) in [7, 11) is 3.15. The quantitative estimate of drug-likeness (QED) is 0.263. The third kappa shape index (κ3) is 2.95. The minimum absolute atomic E-state index is 0.0914. The van der Waals surface area contributed by atoms with Gasteiger partial charge in [0.05, 0.1) is 35.2 Å². The van der Waals surface area contributed by atoms with E-state index in [0.717, 1.165) is 16.3 Å². The van der Waals surface area contributed by atoms with Crippen molar-refractivity contribution in [3.8, 4) is 17.0 Å². The number of hydrogen-bond acceptors (Lipinski definition) is 5. The van der Waals surface area contributed by atoms with E-state index in [1.807, 2.05) is 42.5 Å².